The fourth-order valence-corrected chi connectivity index (χ4v) is 4.02. The Morgan fingerprint density at radius 2 is 1.91 bits per heavy atom. The van der Waals surface area contributed by atoms with Crippen molar-refractivity contribution in [3.05, 3.63) is 69.8 Å². The average Bonchev–Trinajstić information content (AvgIpc) is 2.81. The van der Waals surface area contributed by atoms with Gasteiger partial charge in [0.15, 0.2) is 5.78 Å². The summed E-state index contributed by atoms with van der Waals surface area (Å²) < 4.78 is 4.67. The van der Waals surface area contributed by atoms with Crippen LogP contribution in [0.2, 0.25) is 0 Å². The van der Waals surface area contributed by atoms with Gasteiger partial charge < -0.3 is 9.64 Å². The average molecular weight is 450 g/mol. The van der Waals surface area contributed by atoms with Crippen molar-refractivity contribution in [2.45, 2.75) is 26.2 Å². The van der Waals surface area contributed by atoms with Crippen LogP contribution in [-0.4, -0.2) is 47.7 Å². The second kappa shape index (κ2) is 10.2. The molecule has 0 radical (unpaired) electrons. The molecule has 3 rings (SSSR count). The molecule has 1 aliphatic rings. The number of esters is 1. The standard InChI is InChI=1S/C25H26N2O6/c1-16(2)18-8-4-5-9-19(18)24-17(7-6-10-21(24)27(31)32)11-12-23(29)26-14-13-22(28)20(15-26)25(30)33-3/h4-12,16,20H,13-15H2,1-3H3/b12-11+. The minimum Gasteiger partial charge on any atom is -0.468 e. The van der Waals surface area contributed by atoms with Gasteiger partial charge in [-0.3, -0.25) is 24.5 Å². The molecule has 1 heterocycles. The van der Waals surface area contributed by atoms with E-state index in [0.29, 0.717) is 11.1 Å². The number of ether oxygens (including phenoxy) is 1. The molecular formula is C25H26N2O6. The molecule has 172 valence electrons. The van der Waals surface area contributed by atoms with E-state index in [2.05, 4.69) is 4.74 Å². The van der Waals surface area contributed by atoms with Crippen LogP contribution < -0.4 is 0 Å². The van der Waals surface area contributed by atoms with E-state index in [9.17, 15) is 24.5 Å². The van der Waals surface area contributed by atoms with Gasteiger partial charge in [0.25, 0.3) is 5.69 Å². The zero-order chi connectivity index (χ0) is 24.1. The van der Waals surface area contributed by atoms with Crippen molar-refractivity contribution in [2.75, 3.05) is 20.2 Å². The van der Waals surface area contributed by atoms with Gasteiger partial charge in [0.1, 0.15) is 5.92 Å². The van der Waals surface area contributed by atoms with E-state index >= 15 is 0 Å². The van der Waals surface area contributed by atoms with Crippen LogP contribution in [0.1, 0.15) is 37.3 Å². The molecule has 1 unspecified atom stereocenters. The first kappa shape index (κ1) is 23.8. The van der Waals surface area contributed by atoms with Gasteiger partial charge in [-0.2, -0.15) is 0 Å². The third-order valence-electron chi connectivity index (χ3n) is 5.75. The van der Waals surface area contributed by atoms with Crippen LogP contribution in [0, 0.1) is 16.0 Å². The quantitative estimate of drug-likeness (QED) is 0.217. The SMILES string of the molecule is COC(=O)C1CN(C(=O)/C=C/c2cccc([N+](=O)[O-])c2-c2ccccc2C(C)C)CCC1=O. The normalized spacial score (nSPS) is 16.3. The molecule has 1 amide bonds. The summed E-state index contributed by atoms with van der Waals surface area (Å²) in [5.41, 5.74) is 2.62. The number of ketones is 1. The summed E-state index contributed by atoms with van der Waals surface area (Å²) in [7, 11) is 1.20. The maximum atomic E-state index is 12.8. The number of benzene rings is 2. The Morgan fingerprint density at radius 3 is 2.58 bits per heavy atom. The Labute approximate surface area is 192 Å². The van der Waals surface area contributed by atoms with Crippen molar-refractivity contribution in [3.63, 3.8) is 0 Å². The summed E-state index contributed by atoms with van der Waals surface area (Å²) in [5, 5.41) is 11.8. The molecule has 33 heavy (non-hydrogen) atoms. The fourth-order valence-electron chi connectivity index (χ4n) is 4.02. The molecule has 0 N–H and O–H groups in total. The lowest BCUT2D eigenvalue weighted by molar-refractivity contribution is -0.384. The van der Waals surface area contributed by atoms with Gasteiger partial charge in [0, 0.05) is 31.7 Å². The van der Waals surface area contributed by atoms with E-state index in [1.54, 1.807) is 18.2 Å². The summed E-state index contributed by atoms with van der Waals surface area (Å²) in [5.74, 6) is -2.15. The van der Waals surface area contributed by atoms with Crippen molar-refractivity contribution in [1.29, 1.82) is 0 Å². The highest BCUT2D eigenvalue weighted by atomic mass is 16.6. The van der Waals surface area contributed by atoms with Crippen molar-refractivity contribution in [3.8, 4) is 11.1 Å². The molecule has 0 aliphatic carbocycles. The van der Waals surface area contributed by atoms with E-state index < -0.39 is 16.8 Å². The number of hydrogen-bond acceptors (Lipinski definition) is 6. The zero-order valence-electron chi connectivity index (χ0n) is 18.8. The number of carbonyl (C=O) groups excluding carboxylic acids is 3. The van der Waals surface area contributed by atoms with E-state index in [-0.39, 0.29) is 42.8 Å². The summed E-state index contributed by atoms with van der Waals surface area (Å²) in [6, 6.07) is 12.2. The van der Waals surface area contributed by atoms with Crippen LogP contribution in [0.5, 0.6) is 0 Å². The lowest BCUT2D eigenvalue weighted by atomic mass is 9.89. The minimum absolute atomic E-state index is 0.0490. The first-order chi connectivity index (χ1) is 15.7. The topological polar surface area (TPSA) is 107 Å². The van der Waals surface area contributed by atoms with Crippen LogP contribution in [0.15, 0.2) is 48.5 Å². The third kappa shape index (κ3) is 5.16. The smallest absolute Gasteiger partial charge is 0.318 e. The maximum absolute atomic E-state index is 12.8. The first-order valence-corrected chi connectivity index (χ1v) is 10.7. The Hall–Kier alpha value is -3.81. The van der Waals surface area contributed by atoms with Gasteiger partial charge in [-0.05, 0) is 28.7 Å². The minimum atomic E-state index is -0.993. The molecule has 1 atom stereocenters. The van der Waals surface area contributed by atoms with Crippen molar-refractivity contribution in [1.82, 2.24) is 4.90 Å². The molecule has 8 nitrogen and oxygen atoms in total. The van der Waals surface area contributed by atoms with Gasteiger partial charge in [0.2, 0.25) is 5.91 Å². The second-order valence-electron chi connectivity index (χ2n) is 8.15. The van der Waals surface area contributed by atoms with E-state index in [1.165, 1.54) is 24.2 Å². The Kier molecular flexibility index (Phi) is 7.37. The first-order valence-electron chi connectivity index (χ1n) is 10.7. The molecular weight excluding hydrogens is 424 g/mol. The van der Waals surface area contributed by atoms with Crippen molar-refractivity contribution >= 4 is 29.4 Å². The van der Waals surface area contributed by atoms with E-state index in [0.717, 1.165) is 11.1 Å². The lowest BCUT2D eigenvalue weighted by Crippen LogP contribution is -2.46. The highest BCUT2D eigenvalue weighted by Crippen LogP contribution is 2.38. The predicted octanol–water partition coefficient (Wildman–Crippen LogP) is 3.99. The number of nitro groups is 1. The number of hydrogen-bond donors (Lipinski definition) is 0. The number of rotatable bonds is 6. The Morgan fingerprint density at radius 1 is 1.18 bits per heavy atom. The number of amides is 1. The van der Waals surface area contributed by atoms with Crippen LogP contribution in [0.25, 0.3) is 17.2 Å². The predicted molar refractivity (Wildman–Crippen MR) is 123 cm³/mol. The van der Waals surface area contributed by atoms with Gasteiger partial charge in [0.05, 0.1) is 17.6 Å². The summed E-state index contributed by atoms with van der Waals surface area (Å²) >= 11 is 0. The van der Waals surface area contributed by atoms with Gasteiger partial charge in [-0.25, -0.2) is 0 Å². The van der Waals surface area contributed by atoms with Gasteiger partial charge in [-0.1, -0.05) is 50.2 Å². The van der Waals surface area contributed by atoms with Gasteiger partial charge >= 0.3 is 5.97 Å². The molecule has 0 aromatic heterocycles. The van der Waals surface area contributed by atoms with E-state index in [1.807, 2.05) is 38.1 Å². The number of carbonyl (C=O) groups is 3. The van der Waals surface area contributed by atoms with Gasteiger partial charge in [-0.15, -0.1) is 0 Å². The third-order valence-corrected chi connectivity index (χ3v) is 5.75. The van der Waals surface area contributed by atoms with Crippen LogP contribution in [-0.2, 0) is 19.1 Å². The molecule has 2 aromatic carbocycles. The lowest BCUT2D eigenvalue weighted by Gasteiger charge is -2.29. The monoisotopic (exact) mass is 450 g/mol. The number of nitrogens with zero attached hydrogens (tertiary/aromatic N) is 2. The summed E-state index contributed by atoms with van der Waals surface area (Å²) in [4.78, 5) is 49.5. The summed E-state index contributed by atoms with van der Waals surface area (Å²) in [6.45, 7) is 4.18. The number of likely N-dealkylation sites (tertiary alicyclic amines) is 1. The highest BCUT2D eigenvalue weighted by molar-refractivity contribution is 6.02. The van der Waals surface area contributed by atoms with E-state index in [4.69, 9.17) is 0 Å². The molecule has 8 heteroatoms. The number of methoxy groups -OCH3 is 1. The van der Waals surface area contributed by atoms with Crippen LogP contribution in [0.3, 0.4) is 0 Å². The molecule has 2 aromatic rings. The second-order valence-corrected chi connectivity index (χ2v) is 8.15. The zero-order valence-corrected chi connectivity index (χ0v) is 18.8. The van der Waals surface area contributed by atoms with Crippen LogP contribution >= 0.6 is 0 Å². The molecule has 1 saturated heterocycles. The Balaban J connectivity index is 1.97. The molecule has 0 spiro atoms. The number of Topliss-reactive ketones (excluding diaryl/α,β-unsaturated/α-hetero) is 1. The molecule has 1 fully saturated rings. The van der Waals surface area contributed by atoms with Crippen LogP contribution in [0.4, 0.5) is 5.69 Å². The van der Waals surface area contributed by atoms with Crippen molar-refractivity contribution < 1.29 is 24.0 Å². The molecule has 1 aliphatic heterocycles. The molecule has 0 saturated carbocycles. The summed E-state index contributed by atoms with van der Waals surface area (Å²) in [6.07, 6.45) is 2.94. The molecule has 0 bridgehead atoms. The fraction of sp³-hybridized carbons (Fsp3) is 0.320. The number of piperidine rings is 1. The van der Waals surface area contributed by atoms with Crippen molar-refractivity contribution in [2.24, 2.45) is 5.92 Å². The Bertz CT molecular complexity index is 1110. The highest BCUT2D eigenvalue weighted by Gasteiger charge is 2.35. The number of nitro benzene ring substituents is 1. The largest absolute Gasteiger partial charge is 0.468 e. The maximum Gasteiger partial charge on any atom is 0.318 e.